The molecule has 0 aromatic heterocycles. The highest BCUT2D eigenvalue weighted by Gasteiger charge is 2.11. The number of rotatable bonds is 9. The molecule has 0 atom stereocenters. The standard InChI is InChI=1S/C14H22FN3O2S/c1-10(2)8-12(5-4-11(3)14(16)17)18(6-7-21-15)9-13(19)20/h4-5,8H,6-7,9H2,1-3H3,(H3,16,17)(H,19,20)/b11-4+,12-5+. The fourth-order valence-electron chi connectivity index (χ4n) is 1.45. The van der Waals surface area contributed by atoms with Crippen LogP contribution in [-0.2, 0) is 4.79 Å². The number of carboxylic acids is 1. The molecule has 0 aliphatic carbocycles. The predicted octanol–water partition coefficient (Wildman–Crippen LogP) is 2.72. The largest absolute Gasteiger partial charge is 0.480 e. The third kappa shape index (κ3) is 8.91. The molecule has 7 heteroatoms. The molecule has 0 spiro atoms. The number of halogens is 1. The Morgan fingerprint density at radius 3 is 2.43 bits per heavy atom. The molecule has 4 N–H and O–H groups in total. The van der Waals surface area contributed by atoms with E-state index in [-0.39, 0.29) is 36.8 Å². The average Bonchev–Trinajstić information content (AvgIpc) is 2.38. The first-order valence-corrected chi connectivity index (χ1v) is 7.24. The highest BCUT2D eigenvalue weighted by Crippen LogP contribution is 2.12. The van der Waals surface area contributed by atoms with Crippen molar-refractivity contribution < 1.29 is 13.8 Å². The maximum Gasteiger partial charge on any atom is 0.323 e. The van der Waals surface area contributed by atoms with Crippen LogP contribution in [0.25, 0.3) is 0 Å². The van der Waals surface area contributed by atoms with Crippen LogP contribution in [0, 0.1) is 5.41 Å². The van der Waals surface area contributed by atoms with Gasteiger partial charge in [-0.1, -0.05) is 11.6 Å². The lowest BCUT2D eigenvalue weighted by Gasteiger charge is -2.23. The van der Waals surface area contributed by atoms with Crippen LogP contribution in [0.15, 0.2) is 35.1 Å². The predicted molar refractivity (Wildman–Crippen MR) is 86.0 cm³/mol. The normalized spacial score (nSPS) is 12.0. The molecule has 0 saturated heterocycles. The number of allylic oxidation sites excluding steroid dienone is 4. The molecular formula is C14H22FN3O2S. The Kier molecular flexibility index (Phi) is 9.20. The lowest BCUT2D eigenvalue weighted by molar-refractivity contribution is -0.137. The third-order valence-electron chi connectivity index (χ3n) is 2.50. The van der Waals surface area contributed by atoms with Crippen molar-refractivity contribution in [3.63, 3.8) is 0 Å². The Labute approximate surface area is 129 Å². The van der Waals surface area contributed by atoms with Crippen molar-refractivity contribution in [1.82, 2.24) is 4.90 Å². The number of amidine groups is 1. The minimum Gasteiger partial charge on any atom is -0.480 e. The Morgan fingerprint density at radius 1 is 1.38 bits per heavy atom. The van der Waals surface area contributed by atoms with Gasteiger partial charge in [0.05, 0.1) is 0 Å². The SMILES string of the molecule is CC(C)=C/C(=C\C=C(/C)C(=N)N)N(CCSF)CC(=O)O. The van der Waals surface area contributed by atoms with E-state index in [1.807, 2.05) is 19.9 Å². The van der Waals surface area contributed by atoms with Gasteiger partial charge < -0.3 is 15.7 Å². The fourth-order valence-corrected chi connectivity index (χ4v) is 1.74. The molecule has 118 valence electrons. The highest BCUT2D eigenvalue weighted by molar-refractivity contribution is 7.94. The number of nitrogens with zero attached hydrogens (tertiary/aromatic N) is 1. The summed E-state index contributed by atoms with van der Waals surface area (Å²) in [5, 5.41) is 16.3. The van der Waals surface area contributed by atoms with Gasteiger partial charge in [0.15, 0.2) is 0 Å². The number of nitrogens with one attached hydrogen (secondary N) is 1. The summed E-state index contributed by atoms with van der Waals surface area (Å²) < 4.78 is 12.3. The Balaban J connectivity index is 5.45. The molecule has 0 heterocycles. The van der Waals surface area contributed by atoms with Crippen molar-refractivity contribution in [2.75, 3.05) is 18.8 Å². The first kappa shape index (κ1) is 19.2. The zero-order valence-corrected chi connectivity index (χ0v) is 13.3. The highest BCUT2D eigenvalue weighted by atomic mass is 32.2. The van der Waals surface area contributed by atoms with Crippen LogP contribution in [0.4, 0.5) is 3.89 Å². The fraction of sp³-hybridized carbons (Fsp3) is 0.429. The van der Waals surface area contributed by atoms with Gasteiger partial charge in [-0.3, -0.25) is 10.2 Å². The monoisotopic (exact) mass is 315 g/mol. The van der Waals surface area contributed by atoms with Crippen LogP contribution in [0.2, 0.25) is 0 Å². The first-order chi connectivity index (χ1) is 9.77. The van der Waals surface area contributed by atoms with E-state index in [9.17, 15) is 8.68 Å². The molecule has 5 nitrogen and oxygen atoms in total. The summed E-state index contributed by atoms with van der Waals surface area (Å²) in [6.07, 6.45) is 5.15. The average molecular weight is 315 g/mol. The maximum absolute atomic E-state index is 12.3. The smallest absolute Gasteiger partial charge is 0.323 e. The van der Waals surface area contributed by atoms with E-state index >= 15 is 0 Å². The zero-order valence-electron chi connectivity index (χ0n) is 12.5. The van der Waals surface area contributed by atoms with Crippen molar-refractivity contribution in [1.29, 1.82) is 5.41 Å². The summed E-state index contributed by atoms with van der Waals surface area (Å²) in [5.74, 6) is -0.859. The zero-order chi connectivity index (χ0) is 16.4. The molecule has 0 saturated carbocycles. The van der Waals surface area contributed by atoms with Crippen LogP contribution in [-0.4, -0.2) is 40.7 Å². The number of nitrogens with two attached hydrogens (primary N) is 1. The van der Waals surface area contributed by atoms with Gasteiger partial charge in [0, 0.05) is 30.1 Å². The number of hydrogen-bond donors (Lipinski definition) is 3. The molecule has 0 amide bonds. The van der Waals surface area contributed by atoms with Crippen LogP contribution in [0.5, 0.6) is 0 Å². The van der Waals surface area contributed by atoms with Gasteiger partial charge in [0.1, 0.15) is 12.4 Å². The van der Waals surface area contributed by atoms with Gasteiger partial charge in [0.2, 0.25) is 0 Å². The molecule has 0 aliphatic heterocycles. The Bertz CT molecular complexity index is 469. The van der Waals surface area contributed by atoms with Crippen molar-refractivity contribution in [3.8, 4) is 0 Å². The Hall–Kier alpha value is -1.76. The number of aliphatic carboxylic acids is 1. The minimum absolute atomic E-state index is 0.0492. The van der Waals surface area contributed by atoms with E-state index < -0.39 is 5.97 Å². The van der Waals surface area contributed by atoms with Gasteiger partial charge in [-0.25, -0.2) is 0 Å². The second kappa shape index (κ2) is 10.0. The van der Waals surface area contributed by atoms with Crippen molar-refractivity contribution in [2.24, 2.45) is 5.73 Å². The van der Waals surface area contributed by atoms with Crippen LogP contribution < -0.4 is 5.73 Å². The summed E-state index contributed by atoms with van der Waals surface area (Å²) in [5.41, 5.74) is 7.57. The van der Waals surface area contributed by atoms with Crippen molar-refractivity contribution in [2.45, 2.75) is 20.8 Å². The lowest BCUT2D eigenvalue weighted by Crippen LogP contribution is -2.30. The minimum atomic E-state index is -0.987. The summed E-state index contributed by atoms with van der Waals surface area (Å²) in [6.45, 7) is 5.52. The second-order valence-electron chi connectivity index (χ2n) is 4.71. The number of carboxylic acid groups (broad SMARTS) is 1. The first-order valence-electron chi connectivity index (χ1n) is 6.36. The van der Waals surface area contributed by atoms with Gasteiger partial charge in [0.25, 0.3) is 0 Å². The van der Waals surface area contributed by atoms with E-state index in [2.05, 4.69) is 0 Å². The van der Waals surface area contributed by atoms with E-state index in [1.54, 1.807) is 24.0 Å². The molecule has 0 rings (SSSR count). The van der Waals surface area contributed by atoms with Crippen LogP contribution in [0.3, 0.4) is 0 Å². The maximum atomic E-state index is 12.3. The molecule has 21 heavy (non-hydrogen) atoms. The van der Waals surface area contributed by atoms with E-state index in [0.717, 1.165) is 5.57 Å². The summed E-state index contributed by atoms with van der Waals surface area (Å²) in [6, 6.07) is 0. The van der Waals surface area contributed by atoms with Crippen molar-refractivity contribution in [3.05, 3.63) is 35.1 Å². The second-order valence-corrected chi connectivity index (χ2v) is 5.33. The molecular weight excluding hydrogens is 293 g/mol. The molecule has 0 aromatic rings. The van der Waals surface area contributed by atoms with Gasteiger partial charge in [-0.2, -0.15) is 3.89 Å². The topological polar surface area (TPSA) is 90.4 Å². The summed E-state index contributed by atoms with van der Waals surface area (Å²) >= 11 is 0.171. The molecule has 0 aromatic carbocycles. The quantitative estimate of drug-likeness (QED) is 0.346. The molecule has 0 unspecified atom stereocenters. The molecule has 0 fully saturated rings. The molecule has 0 radical (unpaired) electrons. The summed E-state index contributed by atoms with van der Waals surface area (Å²) in [4.78, 5) is 12.5. The summed E-state index contributed by atoms with van der Waals surface area (Å²) in [7, 11) is 0. The third-order valence-corrected chi connectivity index (χ3v) is 2.83. The molecule has 0 aliphatic rings. The van der Waals surface area contributed by atoms with E-state index in [0.29, 0.717) is 11.3 Å². The molecule has 0 bridgehead atoms. The van der Waals surface area contributed by atoms with Gasteiger partial charge >= 0.3 is 5.97 Å². The number of hydrogen-bond acceptors (Lipinski definition) is 4. The van der Waals surface area contributed by atoms with Gasteiger partial charge in [-0.15, -0.1) is 0 Å². The van der Waals surface area contributed by atoms with Crippen LogP contribution >= 0.6 is 12.1 Å². The van der Waals surface area contributed by atoms with Crippen molar-refractivity contribution >= 4 is 24.0 Å². The number of carbonyl (C=O) groups is 1. The Morgan fingerprint density at radius 2 is 2.00 bits per heavy atom. The van der Waals surface area contributed by atoms with E-state index in [1.165, 1.54) is 0 Å². The van der Waals surface area contributed by atoms with E-state index in [4.69, 9.17) is 16.2 Å². The van der Waals surface area contributed by atoms with Gasteiger partial charge in [-0.05, 0) is 38.5 Å². The van der Waals surface area contributed by atoms with Crippen LogP contribution in [0.1, 0.15) is 20.8 Å². The lowest BCUT2D eigenvalue weighted by atomic mass is 10.2.